The summed E-state index contributed by atoms with van der Waals surface area (Å²) >= 11 is 4.09. The van der Waals surface area contributed by atoms with E-state index in [9.17, 15) is 0 Å². The monoisotopic (exact) mass is 210 g/mol. The van der Waals surface area contributed by atoms with Crippen molar-refractivity contribution in [3.8, 4) is 0 Å². The van der Waals surface area contributed by atoms with E-state index < -0.39 is 0 Å². The first-order valence-electron chi connectivity index (χ1n) is 3.29. The van der Waals surface area contributed by atoms with Gasteiger partial charge in [0.1, 0.15) is 0 Å². The van der Waals surface area contributed by atoms with Crippen LogP contribution in [0.5, 0.6) is 0 Å². The molecule has 0 amide bonds. The van der Waals surface area contributed by atoms with Gasteiger partial charge in [0.05, 0.1) is 13.2 Å². The lowest BCUT2D eigenvalue weighted by atomic mass is 10.4. The first-order chi connectivity index (χ1) is 5.95. The van der Waals surface area contributed by atoms with E-state index in [1.54, 1.807) is 14.2 Å². The Morgan fingerprint density at radius 1 is 1.31 bits per heavy atom. The molecule has 0 radical (unpaired) electrons. The highest BCUT2D eigenvalue weighted by atomic mass is 32.1. The highest BCUT2D eigenvalue weighted by Gasteiger charge is 1.80. The molecule has 0 aliphatic heterocycles. The molecule has 5 nitrogen and oxygen atoms in total. The van der Waals surface area contributed by atoms with Crippen molar-refractivity contribution in [1.82, 2.24) is 0 Å². The summed E-state index contributed by atoms with van der Waals surface area (Å²) in [6.07, 6.45) is 0. The molecule has 0 heterocycles. The molecule has 0 saturated carbocycles. The van der Waals surface area contributed by atoms with Crippen LogP contribution in [0, 0.1) is 0 Å². The molecular formula is C7H18N2O3S. The number of hydrogen-bond donors (Lipinski definition) is 4. The highest BCUT2D eigenvalue weighted by Crippen LogP contribution is 1.79. The number of aliphatic hydroxyl groups excluding tert-OH is 2. The SMILES string of the molecule is C=C(CO)CO.COC.NC(N)=S. The van der Waals surface area contributed by atoms with Gasteiger partial charge in [-0.3, -0.25) is 0 Å². The zero-order valence-corrected chi connectivity index (χ0v) is 8.80. The normalized spacial score (nSPS) is 7.08. The molecule has 0 unspecified atom stereocenters. The molecule has 80 valence electrons. The van der Waals surface area contributed by atoms with Crippen LogP contribution in [0.2, 0.25) is 0 Å². The summed E-state index contributed by atoms with van der Waals surface area (Å²) in [7, 11) is 3.25. The van der Waals surface area contributed by atoms with Gasteiger partial charge in [-0.2, -0.15) is 0 Å². The summed E-state index contributed by atoms with van der Waals surface area (Å²) < 4.78 is 4.25. The van der Waals surface area contributed by atoms with Gasteiger partial charge in [0.15, 0.2) is 5.11 Å². The number of rotatable bonds is 2. The van der Waals surface area contributed by atoms with E-state index in [4.69, 9.17) is 10.2 Å². The summed E-state index contributed by atoms with van der Waals surface area (Å²) in [6, 6.07) is 0. The Morgan fingerprint density at radius 3 is 1.46 bits per heavy atom. The van der Waals surface area contributed by atoms with Crippen molar-refractivity contribution in [1.29, 1.82) is 0 Å². The first-order valence-corrected chi connectivity index (χ1v) is 3.70. The van der Waals surface area contributed by atoms with E-state index >= 15 is 0 Å². The number of aliphatic hydroxyl groups is 2. The van der Waals surface area contributed by atoms with Crippen molar-refractivity contribution in [2.24, 2.45) is 11.5 Å². The highest BCUT2D eigenvalue weighted by molar-refractivity contribution is 7.80. The zero-order chi connectivity index (χ0) is 11.3. The minimum atomic E-state index is -0.115. The average Bonchev–Trinajstić information content (AvgIpc) is 2.03. The molecule has 0 fully saturated rings. The Kier molecular flexibility index (Phi) is 24.3. The van der Waals surface area contributed by atoms with Gasteiger partial charge < -0.3 is 26.4 Å². The summed E-state index contributed by atoms with van der Waals surface area (Å²) in [5, 5.41) is 16.2. The number of ether oxygens (including phenoxy) is 1. The Balaban J connectivity index is -0.000000125. The van der Waals surface area contributed by atoms with Crippen molar-refractivity contribution < 1.29 is 14.9 Å². The van der Waals surface area contributed by atoms with E-state index in [1.165, 1.54) is 0 Å². The van der Waals surface area contributed by atoms with Crippen LogP contribution >= 0.6 is 12.2 Å². The lowest BCUT2D eigenvalue weighted by Gasteiger charge is -1.88. The van der Waals surface area contributed by atoms with Crippen molar-refractivity contribution in [3.05, 3.63) is 12.2 Å². The molecule has 13 heavy (non-hydrogen) atoms. The summed E-state index contributed by atoms with van der Waals surface area (Å²) in [5.74, 6) is 0. The lowest BCUT2D eigenvalue weighted by molar-refractivity contribution is 0.277. The van der Waals surface area contributed by atoms with Crippen LogP contribution in [0.1, 0.15) is 0 Å². The molecule has 0 aromatic rings. The summed E-state index contributed by atoms with van der Waals surface area (Å²) in [4.78, 5) is 0. The van der Waals surface area contributed by atoms with Crippen LogP contribution in [0.15, 0.2) is 12.2 Å². The number of nitrogens with two attached hydrogens (primary N) is 2. The molecule has 0 rings (SSSR count). The Morgan fingerprint density at radius 2 is 1.46 bits per heavy atom. The molecule has 0 aliphatic rings. The van der Waals surface area contributed by atoms with Crippen molar-refractivity contribution >= 4 is 17.3 Å². The minimum absolute atomic E-state index is 0.000000000000000222. The van der Waals surface area contributed by atoms with Crippen LogP contribution in [0.3, 0.4) is 0 Å². The summed E-state index contributed by atoms with van der Waals surface area (Å²) in [6.45, 7) is 3.06. The average molecular weight is 210 g/mol. The molecule has 6 N–H and O–H groups in total. The van der Waals surface area contributed by atoms with Crippen LogP contribution in [0.25, 0.3) is 0 Å². The molecule has 0 spiro atoms. The van der Waals surface area contributed by atoms with Crippen molar-refractivity contribution in [3.63, 3.8) is 0 Å². The number of methoxy groups -OCH3 is 1. The quantitative estimate of drug-likeness (QED) is 0.344. The predicted molar refractivity (Wildman–Crippen MR) is 57.2 cm³/mol. The molecular weight excluding hydrogens is 192 g/mol. The van der Waals surface area contributed by atoms with E-state index in [0.29, 0.717) is 5.57 Å². The Labute approximate surface area is 84.0 Å². The summed E-state index contributed by atoms with van der Waals surface area (Å²) in [5.41, 5.74) is 9.69. The van der Waals surface area contributed by atoms with Gasteiger partial charge in [-0.05, 0) is 17.8 Å². The maximum absolute atomic E-state index is 8.08. The van der Waals surface area contributed by atoms with Gasteiger partial charge in [0, 0.05) is 14.2 Å². The predicted octanol–water partition coefficient (Wildman–Crippen LogP) is -1.02. The third kappa shape index (κ3) is 89.5. The molecule has 0 atom stereocenters. The second kappa shape index (κ2) is 17.4. The van der Waals surface area contributed by atoms with E-state index in [1.807, 2.05) is 0 Å². The molecule has 0 aromatic heterocycles. The molecule has 0 saturated heterocycles. The molecule has 6 heteroatoms. The van der Waals surface area contributed by atoms with E-state index in [-0.39, 0.29) is 18.3 Å². The number of hydrogen-bond acceptors (Lipinski definition) is 4. The fraction of sp³-hybridized carbons (Fsp3) is 0.571. The van der Waals surface area contributed by atoms with Crippen LogP contribution in [-0.2, 0) is 4.74 Å². The zero-order valence-electron chi connectivity index (χ0n) is 7.99. The smallest absolute Gasteiger partial charge is 0.160 e. The maximum atomic E-state index is 8.08. The minimum Gasteiger partial charge on any atom is -0.392 e. The second-order valence-electron chi connectivity index (χ2n) is 1.88. The van der Waals surface area contributed by atoms with Crippen LogP contribution in [-0.4, -0.2) is 42.8 Å². The van der Waals surface area contributed by atoms with Crippen LogP contribution in [0.4, 0.5) is 0 Å². The van der Waals surface area contributed by atoms with Crippen LogP contribution < -0.4 is 11.5 Å². The Bertz CT molecular complexity index is 121. The lowest BCUT2D eigenvalue weighted by Crippen LogP contribution is -2.18. The maximum Gasteiger partial charge on any atom is 0.160 e. The largest absolute Gasteiger partial charge is 0.392 e. The molecule has 0 aliphatic carbocycles. The molecule has 0 aromatic carbocycles. The van der Waals surface area contributed by atoms with Gasteiger partial charge in [-0.25, -0.2) is 0 Å². The van der Waals surface area contributed by atoms with Gasteiger partial charge >= 0.3 is 0 Å². The van der Waals surface area contributed by atoms with Crippen molar-refractivity contribution in [2.75, 3.05) is 27.4 Å². The molecule has 0 bridgehead atoms. The van der Waals surface area contributed by atoms with Crippen molar-refractivity contribution in [2.45, 2.75) is 0 Å². The second-order valence-corrected chi connectivity index (χ2v) is 2.35. The Hall–Kier alpha value is -0.690. The van der Waals surface area contributed by atoms with E-state index in [2.05, 4.69) is 35.0 Å². The van der Waals surface area contributed by atoms with Gasteiger partial charge in [0.2, 0.25) is 0 Å². The van der Waals surface area contributed by atoms with Gasteiger partial charge in [0.25, 0.3) is 0 Å². The fourth-order valence-electron chi connectivity index (χ4n) is 0.0500. The topological polar surface area (TPSA) is 102 Å². The van der Waals surface area contributed by atoms with Gasteiger partial charge in [-0.1, -0.05) is 6.58 Å². The third-order valence-electron chi connectivity index (χ3n) is 0.447. The number of thiocarbonyl (C=S) groups is 1. The standard InChI is InChI=1S/C4H8O2.C2H6O.CH4N2S/c1-4(2-5)3-6;1-3-2;2-1(3)4/h5-6H,1-3H2;1-2H3;(H4,2,3,4). The third-order valence-corrected chi connectivity index (χ3v) is 0.447. The van der Waals surface area contributed by atoms with Gasteiger partial charge in [-0.15, -0.1) is 0 Å². The van der Waals surface area contributed by atoms with E-state index in [0.717, 1.165) is 0 Å². The first kappa shape index (κ1) is 18.2. The fourth-order valence-corrected chi connectivity index (χ4v) is 0.0500.